The molecule has 0 fully saturated rings. The fourth-order valence-corrected chi connectivity index (χ4v) is 2.22. The first-order chi connectivity index (χ1) is 10.1. The quantitative estimate of drug-likeness (QED) is 0.936. The molecule has 21 heavy (non-hydrogen) atoms. The van der Waals surface area contributed by atoms with Gasteiger partial charge >= 0.3 is 5.97 Å². The summed E-state index contributed by atoms with van der Waals surface area (Å²) in [7, 11) is 0. The number of carbonyl (C=O) groups excluding carboxylic acids is 1. The molecule has 0 saturated heterocycles. The lowest BCUT2D eigenvalue weighted by Crippen LogP contribution is -2.29. The molecule has 0 radical (unpaired) electrons. The predicted molar refractivity (Wildman–Crippen MR) is 73.4 cm³/mol. The molecule has 108 valence electrons. The third-order valence-electron chi connectivity index (χ3n) is 3.25. The number of hydrogen-bond acceptors (Lipinski definition) is 4. The summed E-state index contributed by atoms with van der Waals surface area (Å²) in [6, 6.07) is 8.66. The van der Waals surface area contributed by atoms with Crippen LogP contribution in [0.25, 0.3) is 0 Å². The van der Waals surface area contributed by atoms with Crippen LogP contribution < -0.4 is 9.64 Å². The standard InChI is InChI=1S/C15H13NO5/c17-14-5-6-20-13-4-2-1-3-12(13)16(14)8-11-7-10(9-21-11)15(18)19/h1-4,7,9H,5-6,8H2,(H,18,19). The van der Waals surface area contributed by atoms with Crippen molar-refractivity contribution >= 4 is 17.6 Å². The zero-order valence-corrected chi connectivity index (χ0v) is 11.1. The van der Waals surface area contributed by atoms with Crippen molar-refractivity contribution < 1.29 is 23.8 Å². The molecule has 0 spiro atoms. The van der Waals surface area contributed by atoms with E-state index in [1.54, 1.807) is 17.0 Å². The number of furan rings is 1. The first-order valence-electron chi connectivity index (χ1n) is 6.48. The second-order valence-electron chi connectivity index (χ2n) is 4.65. The van der Waals surface area contributed by atoms with Gasteiger partial charge in [0.2, 0.25) is 5.91 Å². The zero-order chi connectivity index (χ0) is 14.8. The van der Waals surface area contributed by atoms with Gasteiger partial charge in [0, 0.05) is 0 Å². The molecule has 1 N–H and O–H groups in total. The van der Waals surface area contributed by atoms with E-state index < -0.39 is 5.97 Å². The molecular weight excluding hydrogens is 274 g/mol. The van der Waals surface area contributed by atoms with E-state index in [0.717, 1.165) is 0 Å². The summed E-state index contributed by atoms with van der Waals surface area (Å²) in [5.41, 5.74) is 0.727. The molecular formula is C15H13NO5. The van der Waals surface area contributed by atoms with Gasteiger partial charge in [-0.25, -0.2) is 4.79 Å². The average molecular weight is 287 g/mol. The number of nitrogens with zero attached hydrogens (tertiary/aromatic N) is 1. The van der Waals surface area contributed by atoms with Crippen LogP contribution in [0.3, 0.4) is 0 Å². The lowest BCUT2D eigenvalue weighted by molar-refractivity contribution is -0.119. The Balaban J connectivity index is 1.91. The number of amides is 1. The number of rotatable bonds is 3. The first kappa shape index (κ1) is 13.2. The minimum Gasteiger partial charge on any atom is -0.491 e. The van der Waals surface area contributed by atoms with Crippen molar-refractivity contribution in [3.63, 3.8) is 0 Å². The Morgan fingerprint density at radius 3 is 2.90 bits per heavy atom. The molecule has 3 rings (SSSR count). The van der Waals surface area contributed by atoms with Crippen molar-refractivity contribution in [3.8, 4) is 5.75 Å². The molecule has 0 atom stereocenters. The molecule has 1 aromatic carbocycles. The molecule has 1 aliphatic rings. The largest absolute Gasteiger partial charge is 0.491 e. The minimum absolute atomic E-state index is 0.0665. The highest BCUT2D eigenvalue weighted by Crippen LogP contribution is 2.32. The van der Waals surface area contributed by atoms with Crippen LogP contribution in [0.2, 0.25) is 0 Å². The topological polar surface area (TPSA) is 80.0 Å². The van der Waals surface area contributed by atoms with Gasteiger partial charge in [-0.05, 0) is 18.2 Å². The molecule has 2 heterocycles. The monoisotopic (exact) mass is 287 g/mol. The van der Waals surface area contributed by atoms with Crippen molar-refractivity contribution in [1.29, 1.82) is 0 Å². The molecule has 0 bridgehead atoms. The van der Waals surface area contributed by atoms with Gasteiger partial charge in [0.15, 0.2) is 0 Å². The van der Waals surface area contributed by atoms with Crippen molar-refractivity contribution in [2.75, 3.05) is 11.5 Å². The van der Waals surface area contributed by atoms with Crippen LogP contribution in [-0.4, -0.2) is 23.6 Å². The maximum Gasteiger partial charge on any atom is 0.338 e. The van der Waals surface area contributed by atoms with Gasteiger partial charge in [-0.1, -0.05) is 12.1 Å². The highest BCUT2D eigenvalue weighted by atomic mass is 16.5. The minimum atomic E-state index is -1.06. The summed E-state index contributed by atoms with van der Waals surface area (Å²) in [6.07, 6.45) is 1.43. The number of aromatic carboxylic acids is 1. The molecule has 1 amide bonds. The van der Waals surface area contributed by atoms with Crippen LogP contribution in [0, 0.1) is 0 Å². The molecule has 1 aliphatic heterocycles. The number of fused-ring (bicyclic) bond motifs is 1. The summed E-state index contributed by atoms with van der Waals surface area (Å²) in [5, 5.41) is 8.90. The molecule has 0 unspecified atom stereocenters. The van der Waals surface area contributed by atoms with Gasteiger partial charge in [0.1, 0.15) is 17.8 Å². The van der Waals surface area contributed by atoms with Gasteiger partial charge in [0.05, 0.1) is 30.8 Å². The number of anilines is 1. The molecule has 2 aromatic rings. The second-order valence-corrected chi connectivity index (χ2v) is 4.65. The first-order valence-corrected chi connectivity index (χ1v) is 6.48. The molecule has 0 saturated carbocycles. The number of carboxylic acids is 1. The maximum atomic E-state index is 12.2. The molecule has 0 aliphatic carbocycles. The summed E-state index contributed by atoms with van der Waals surface area (Å²) in [6.45, 7) is 0.497. The van der Waals surface area contributed by atoms with E-state index in [2.05, 4.69) is 0 Å². The third kappa shape index (κ3) is 2.60. The van der Waals surface area contributed by atoms with Gasteiger partial charge in [-0.15, -0.1) is 0 Å². The lowest BCUT2D eigenvalue weighted by atomic mass is 10.2. The Hall–Kier alpha value is -2.76. The summed E-state index contributed by atoms with van der Waals surface area (Å²) >= 11 is 0. The third-order valence-corrected chi connectivity index (χ3v) is 3.25. The molecule has 6 heteroatoms. The Bertz CT molecular complexity index is 691. The van der Waals surface area contributed by atoms with Crippen LogP contribution in [0.5, 0.6) is 5.75 Å². The maximum absolute atomic E-state index is 12.2. The van der Waals surface area contributed by atoms with Gasteiger partial charge in [-0.2, -0.15) is 0 Å². The summed E-state index contributed by atoms with van der Waals surface area (Å²) in [5.74, 6) is -0.102. The van der Waals surface area contributed by atoms with E-state index in [9.17, 15) is 9.59 Å². The Morgan fingerprint density at radius 2 is 2.14 bits per heavy atom. The van der Waals surface area contributed by atoms with Gasteiger partial charge in [-0.3, -0.25) is 4.79 Å². The highest BCUT2D eigenvalue weighted by molar-refractivity contribution is 5.95. The number of carboxylic acid groups (broad SMARTS) is 1. The normalized spacial score (nSPS) is 14.3. The Labute approximate surface area is 120 Å². The molecule has 6 nitrogen and oxygen atoms in total. The van der Waals surface area contributed by atoms with Crippen molar-refractivity contribution in [1.82, 2.24) is 0 Å². The van der Waals surface area contributed by atoms with E-state index in [-0.39, 0.29) is 24.4 Å². The van der Waals surface area contributed by atoms with Crippen molar-refractivity contribution in [2.45, 2.75) is 13.0 Å². The van der Waals surface area contributed by atoms with Gasteiger partial charge in [0.25, 0.3) is 0 Å². The number of ether oxygens (including phenoxy) is 1. The zero-order valence-electron chi connectivity index (χ0n) is 11.1. The van der Waals surface area contributed by atoms with E-state index >= 15 is 0 Å². The molecule has 1 aromatic heterocycles. The highest BCUT2D eigenvalue weighted by Gasteiger charge is 2.24. The van der Waals surface area contributed by atoms with E-state index in [1.807, 2.05) is 12.1 Å². The Morgan fingerprint density at radius 1 is 1.33 bits per heavy atom. The van der Waals surface area contributed by atoms with Gasteiger partial charge < -0.3 is 19.2 Å². The predicted octanol–water partition coefficient (Wildman–Crippen LogP) is 2.29. The fraction of sp³-hybridized carbons (Fsp3) is 0.200. The van der Waals surface area contributed by atoms with E-state index in [4.69, 9.17) is 14.3 Å². The van der Waals surface area contributed by atoms with Crippen LogP contribution in [0.4, 0.5) is 5.69 Å². The fourth-order valence-electron chi connectivity index (χ4n) is 2.22. The van der Waals surface area contributed by atoms with Crippen LogP contribution in [0.15, 0.2) is 41.0 Å². The average Bonchev–Trinajstić information content (AvgIpc) is 2.88. The lowest BCUT2D eigenvalue weighted by Gasteiger charge is -2.20. The number of benzene rings is 1. The van der Waals surface area contributed by atoms with Crippen LogP contribution >= 0.6 is 0 Å². The van der Waals surface area contributed by atoms with E-state index in [1.165, 1.54) is 12.3 Å². The number of hydrogen-bond donors (Lipinski definition) is 1. The van der Waals surface area contributed by atoms with E-state index in [0.29, 0.717) is 23.8 Å². The number of para-hydroxylation sites is 2. The Kier molecular flexibility index (Phi) is 3.35. The van der Waals surface area contributed by atoms with Crippen molar-refractivity contribution in [2.24, 2.45) is 0 Å². The number of carbonyl (C=O) groups is 2. The van der Waals surface area contributed by atoms with Crippen LogP contribution in [-0.2, 0) is 11.3 Å². The SMILES string of the molecule is O=C(O)c1coc(CN2C(=O)CCOc3ccccc32)c1. The summed E-state index contributed by atoms with van der Waals surface area (Å²) in [4.78, 5) is 24.6. The summed E-state index contributed by atoms with van der Waals surface area (Å²) < 4.78 is 10.8. The second kappa shape index (κ2) is 5.32. The van der Waals surface area contributed by atoms with Crippen LogP contribution in [0.1, 0.15) is 22.5 Å². The van der Waals surface area contributed by atoms with Crippen molar-refractivity contribution in [3.05, 3.63) is 47.9 Å². The smallest absolute Gasteiger partial charge is 0.338 e.